The molecule has 0 bridgehead atoms. The number of nitrogens with zero attached hydrogens (tertiary/aromatic N) is 3. The van der Waals surface area contributed by atoms with Crippen molar-refractivity contribution in [3.63, 3.8) is 0 Å². The molecular weight excluding hydrogens is 328 g/mol. The normalized spacial score (nSPS) is 11.0. The Bertz CT molecular complexity index is 1200. The zero-order chi connectivity index (χ0) is 18.1. The number of carbonyl (C=O) groups excluding carboxylic acids is 1. The van der Waals surface area contributed by atoms with Crippen LogP contribution in [0, 0.1) is 0 Å². The summed E-state index contributed by atoms with van der Waals surface area (Å²) in [5, 5.41) is 3.68. The lowest BCUT2D eigenvalue weighted by Crippen LogP contribution is -2.26. The minimum atomic E-state index is -0.487. The predicted molar refractivity (Wildman–Crippen MR) is 101 cm³/mol. The van der Waals surface area contributed by atoms with Gasteiger partial charge in [0.1, 0.15) is 11.2 Å². The monoisotopic (exact) mass is 344 g/mol. The number of hydrogen-bond donors (Lipinski definition) is 1. The Morgan fingerprint density at radius 2 is 1.96 bits per heavy atom. The number of aromatic nitrogens is 3. The third-order valence-electron chi connectivity index (χ3n) is 4.24. The molecule has 128 valence electrons. The van der Waals surface area contributed by atoms with Crippen LogP contribution in [-0.2, 0) is 6.42 Å². The van der Waals surface area contributed by atoms with E-state index in [4.69, 9.17) is 0 Å². The summed E-state index contributed by atoms with van der Waals surface area (Å²) >= 11 is 0. The van der Waals surface area contributed by atoms with Crippen molar-refractivity contribution >= 4 is 28.1 Å². The molecule has 26 heavy (non-hydrogen) atoms. The summed E-state index contributed by atoms with van der Waals surface area (Å²) in [6.45, 7) is 2.00. The number of para-hydroxylation sites is 1. The second-order valence-electron chi connectivity index (χ2n) is 5.89. The van der Waals surface area contributed by atoms with Crippen LogP contribution in [0.15, 0.2) is 65.7 Å². The Kier molecular flexibility index (Phi) is 3.93. The quantitative estimate of drug-likeness (QED) is 0.620. The maximum absolute atomic E-state index is 12.7. The molecule has 1 amide bonds. The lowest BCUT2D eigenvalue weighted by Gasteiger charge is -2.10. The van der Waals surface area contributed by atoms with Gasteiger partial charge in [-0.3, -0.25) is 19.0 Å². The molecule has 1 aromatic carbocycles. The summed E-state index contributed by atoms with van der Waals surface area (Å²) in [5.41, 5.74) is 2.39. The Labute approximate surface area is 149 Å². The first-order valence-corrected chi connectivity index (χ1v) is 8.34. The molecule has 6 nitrogen and oxygen atoms in total. The molecule has 3 heterocycles. The first-order valence-electron chi connectivity index (χ1n) is 8.34. The van der Waals surface area contributed by atoms with Crippen LogP contribution in [0.3, 0.4) is 0 Å². The summed E-state index contributed by atoms with van der Waals surface area (Å²) in [4.78, 5) is 34.1. The van der Waals surface area contributed by atoms with Crippen molar-refractivity contribution in [2.24, 2.45) is 0 Å². The molecule has 0 aliphatic rings. The van der Waals surface area contributed by atoms with Crippen molar-refractivity contribution in [2.75, 3.05) is 5.32 Å². The highest BCUT2D eigenvalue weighted by Crippen LogP contribution is 2.23. The van der Waals surface area contributed by atoms with Crippen LogP contribution in [0.4, 0.5) is 5.69 Å². The van der Waals surface area contributed by atoms with Gasteiger partial charge < -0.3 is 5.32 Å². The molecule has 0 spiro atoms. The molecule has 0 unspecified atom stereocenters. The van der Waals surface area contributed by atoms with Gasteiger partial charge in [0.05, 0.1) is 11.2 Å². The molecule has 1 N–H and O–H groups in total. The smallest absolute Gasteiger partial charge is 0.270 e. The minimum Gasteiger partial charge on any atom is -0.321 e. The van der Waals surface area contributed by atoms with Gasteiger partial charge in [-0.25, -0.2) is 4.98 Å². The molecule has 4 rings (SSSR count). The van der Waals surface area contributed by atoms with Gasteiger partial charge in [0.2, 0.25) is 0 Å². The van der Waals surface area contributed by atoms with Crippen molar-refractivity contribution in [1.82, 2.24) is 14.4 Å². The second kappa shape index (κ2) is 6.40. The number of anilines is 1. The van der Waals surface area contributed by atoms with Crippen LogP contribution in [0.25, 0.3) is 16.6 Å². The molecule has 0 atom stereocenters. The fourth-order valence-corrected chi connectivity index (χ4v) is 2.89. The van der Waals surface area contributed by atoms with Gasteiger partial charge in [0.15, 0.2) is 0 Å². The highest BCUT2D eigenvalue weighted by Gasteiger charge is 2.15. The van der Waals surface area contributed by atoms with E-state index in [0.29, 0.717) is 11.3 Å². The van der Waals surface area contributed by atoms with Gasteiger partial charge in [0.25, 0.3) is 11.5 Å². The standard InChI is InChI=1S/C20H16N4O2/c1-2-13-11-17(14-7-3-4-8-16(14)22-13)23-19(25)15-12-21-18-9-5-6-10-24(18)20(15)26/h3-12H,2H2,1H3,(H,22,23,25). The largest absolute Gasteiger partial charge is 0.321 e. The van der Waals surface area contributed by atoms with Crippen LogP contribution in [0.5, 0.6) is 0 Å². The van der Waals surface area contributed by atoms with E-state index in [1.54, 1.807) is 24.4 Å². The zero-order valence-corrected chi connectivity index (χ0v) is 14.1. The van der Waals surface area contributed by atoms with Gasteiger partial charge in [0, 0.05) is 23.5 Å². The van der Waals surface area contributed by atoms with Crippen molar-refractivity contribution < 1.29 is 4.79 Å². The van der Waals surface area contributed by atoms with Crippen molar-refractivity contribution in [3.05, 3.63) is 82.5 Å². The maximum atomic E-state index is 12.7. The molecule has 0 fully saturated rings. The van der Waals surface area contributed by atoms with E-state index in [1.807, 2.05) is 37.3 Å². The molecule has 0 aliphatic heterocycles. The molecule has 0 saturated carbocycles. The lowest BCUT2D eigenvalue weighted by atomic mass is 10.1. The second-order valence-corrected chi connectivity index (χ2v) is 5.89. The van der Waals surface area contributed by atoms with Crippen LogP contribution < -0.4 is 10.9 Å². The van der Waals surface area contributed by atoms with Gasteiger partial charge in [-0.2, -0.15) is 0 Å². The van der Waals surface area contributed by atoms with Crippen molar-refractivity contribution in [2.45, 2.75) is 13.3 Å². The van der Waals surface area contributed by atoms with E-state index < -0.39 is 11.5 Å². The number of hydrogen-bond acceptors (Lipinski definition) is 4. The molecular formula is C20H16N4O2. The number of aryl methyl sites for hydroxylation is 1. The van der Waals surface area contributed by atoms with Crippen molar-refractivity contribution in [3.8, 4) is 0 Å². The predicted octanol–water partition coefficient (Wildman–Crippen LogP) is 3.06. The van der Waals surface area contributed by atoms with E-state index >= 15 is 0 Å². The topological polar surface area (TPSA) is 76.4 Å². The third-order valence-corrected chi connectivity index (χ3v) is 4.24. The maximum Gasteiger partial charge on any atom is 0.270 e. The number of fused-ring (bicyclic) bond motifs is 2. The van der Waals surface area contributed by atoms with Crippen LogP contribution in [0.2, 0.25) is 0 Å². The fourth-order valence-electron chi connectivity index (χ4n) is 2.89. The van der Waals surface area contributed by atoms with Gasteiger partial charge in [-0.1, -0.05) is 31.2 Å². The Morgan fingerprint density at radius 3 is 2.81 bits per heavy atom. The Morgan fingerprint density at radius 1 is 1.15 bits per heavy atom. The van der Waals surface area contributed by atoms with Crippen LogP contribution in [-0.4, -0.2) is 20.3 Å². The number of benzene rings is 1. The minimum absolute atomic E-state index is 0.00681. The number of amides is 1. The summed E-state index contributed by atoms with van der Waals surface area (Å²) in [7, 11) is 0. The molecule has 3 aromatic heterocycles. The Hall–Kier alpha value is -3.54. The summed E-state index contributed by atoms with van der Waals surface area (Å²) in [5.74, 6) is -0.487. The number of carbonyl (C=O) groups is 1. The SMILES string of the molecule is CCc1cc(NC(=O)c2cnc3ccccn3c2=O)c2ccccc2n1. The number of pyridine rings is 2. The van der Waals surface area contributed by atoms with Crippen LogP contribution in [0.1, 0.15) is 23.0 Å². The molecule has 4 aromatic rings. The molecule has 6 heteroatoms. The summed E-state index contributed by atoms with van der Waals surface area (Å²) in [6, 6.07) is 14.6. The highest BCUT2D eigenvalue weighted by molar-refractivity contribution is 6.08. The van der Waals surface area contributed by atoms with E-state index in [1.165, 1.54) is 10.6 Å². The average Bonchev–Trinajstić information content (AvgIpc) is 2.68. The Balaban J connectivity index is 1.79. The number of nitrogens with one attached hydrogen (secondary N) is 1. The highest BCUT2D eigenvalue weighted by atomic mass is 16.2. The van der Waals surface area contributed by atoms with E-state index in [9.17, 15) is 9.59 Å². The summed E-state index contributed by atoms with van der Waals surface area (Å²) in [6.07, 6.45) is 3.66. The molecule has 0 aliphatic carbocycles. The van der Waals surface area contributed by atoms with E-state index in [0.717, 1.165) is 23.0 Å². The first-order chi connectivity index (χ1) is 12.7. The van der Waals surface area contributed by atoms with Crippen LogP contribution >= 0.6 is 0 Å². The lowest BCUT2D eigenvalue weighted by molar-refractivity contribution is 0.102. The van der Waals surface area contributed by atoms with E-state index in [-0.39, 0.29) is 5.56 Å². The van der Waals surface area contributed by atoms with Gasteiger partial charge >= 0.3 is 0 Å². The summed E-state index contributed by atoms with van der Waals surface area (Å²) < 4.78 is 1.36. The van der Waals surface area contributed by atoms with Gasteiger partial charge in [-0.05, 0) is 30.7 Å². The first kappa shape index (κ1) is 16.0. The number of rotatable bonds is 3. The van der Waals surface area contributed by atoms with Crippen molar-refractivity contribution in [1.29, 1.82) is 0 Å². The van der Waals surface area contributed by atoms with Gasteiger partial charge in [-0.15, -0.1) is 0 Å². The zero-order valence-electron chi connectivity index (χ0n) is 14.1. The molecule has 0 radical (unpaired) electrons. The third kappa shape index (κ3) is 2.71. The fraction of sp³-hybridized carbons (Fsp3) is 0.100. The average molecular weight is 344 g/mol. The molecule has 0 saturated heterocycles. The van der Waals surface area contributed by atoms with E-state index in [2.05, 4.69) is 15.3 Å².